The largest absolute Gasteiger partial charge is 0.875 e. The van der Waals surface area contributed by atoms with Crippen molar-refractivity contribution >= 4 is 5.97 Å². The molecule has 0 unspecified atom stereocenters. The van der Waals surface area contributed by atoms with Gasteiger partial charge >= 0.3 is 5.97 Å². The first-order chi connectivity index (χ1) is 8.74. The van der Waals surface area contributed by atoms with Gasteiger partial charge in [-0.3, -0.25) is 4.79 Å². The first kappa shape index (κ1) is 14.6. The standard InChI is InChI=1S/C15H22O3/c1-2-18-15(17)12-6-4-3-5-11-14(16)13-9-7-8-10-13/h7-10,16H,2-6,11-12H2,1H3/p-1. The lowest BCUT2D eigenvalue weighted by Gasteiger charge is -2.13. The van der Waals surface area contributed by atoms with Crippen molar-refractivity contribution in [1.82, 2.24) is 0 Å². The lowest BCUT2D eigenvalue weighted by Crippen LogP contribution is -2.06. The Kier molecular flexibility index (Phi) is 6.92. The van der Waals surface area contributed by atoms with Crippen LogP contribution in [0.4, 0.5) is 0 Å². The summed E-state index contributed by atoms with van der Waals surface area (Å²) in [7, 11) is 0. The quantitative estimate of drug-likeness (QED) is 0.377. The maximum Gasteiger partial charge on any atom is 0.305 e. The third-order valence-electron chi connectivity index (χ3n) is 2.82. The van der Waals surface area contributed by atoms with Gasteiger partial charge in [-0.2, -0.15) is 0 Å². The van der Waals surface area contributed by atoms with Gasteiger partial charge in [0.25, 0.3) is 0 Å². The Morgan fingerprint density at radius 3 is 2.33 bits per heavy atom. The highest BCUT2D eigenvalue weighted by Crippen LogP contribution is 2.15. The first-order valence-electron chi connectivity index (χ1n) is 6.64. The summed E-state index contributed by atoms with van der Waals surface area (Å²) >= 11 is 0. The van der Waals surface area contributed by atoms with Crippen LogP contribution in [-0.2, 0) is 9.53 Å². The van der Waals surface area contributed by atoms with E-state index in [2.05, 4.69) is 0 Å². The molecule has 0 fully saturated rings. The van der Waals surface area contributed by atoms with Crippen molar-refractivity contribution in [2.45, 2.75) is 45.4 Å². The third kappa shape index (κ3) is 5.71. The van der Waals surface area contributed by atoms with Gasteiger partial charge in [-0.05, 0) is 25.3 Å². The molecule has 0 aromatic heterocycles. The number of carbonyl (C=O) groups is 1. The minimum Gasteiger partial charge on any atom is -0.875 e. The summed E-state index contributed by atoms with van der Waals surface area (Å²) in [4.78, 5) is 11.1. The number of esters is 1. The summed E-state index contributed by atoms with van der Waals surface area (Å²) in [6.07, 6.45) is 12.3. The van der Waals surface area contributed by atoms with Gasteiger partial charge in [0.1, 0.15) is 0 Å². The minimum absolute atomic E-state index is 0.120. The van der Waals surface area contributed by atoms with Crippen molar-refractivity contribution < 1.29 is 14.6 Å². The molecule has 3 heteroatoms. The number of ether oxygens (including phenoxy) is 1. The van der Waals surface area contributed by atoms with Crippen LogP contribution in [0, 0.1) is 0 Å². The third-order valence-corrected chi connectivity index (χ3v) is 2.82. The fraction of sp³-hybridized carbons (Fsp3) is 0.533. The zero-order valence-electron chi connectivity index (χ0n) is 11.0. The van der Waals surface area contributed by atoms with Crippen molar-refractivity contribution in [1.29, 1.82) is 0 Å². The molecule has 1 aliphatic rings. The van der Waals surface area contributed by atoms with Gasteiger partial charge in [-0.1, -0.05) is 43.6 Å². The molecule has 0 aromatic carbocycles. The predicted octanol–water partition coefficient (Wildman–Crippen LogP) is 2.63. The van der Waals surface area contributed by atoms with E-state index in [1.807, 2.05) is 31.2 Å². The Bertz CT molecular complexity index is 337. The van der Waals surface area contributed by atoms with Crippen LogP contribution in [0.15, 0.2) is 35.6 Å². The molecule has 1 aliphatic carbocycles. The van der Waals surface area contributed by atoms with Gasteiger partial charge in [0.15, 0.2) is 0 Å². The second-order valence-corrected chi connectivity index (χ2v) is 4.32. The average Bonchev–Trinajstić information content (AvgIpc) is 2.87. The van der Waals surface area contributed by atoms with E-state index in [1.54, 1.807) is 0 Å². The molecule has 0 aromatic rings. The van der Waals surface area contributed by atoms with Gasteiger partial charge in [-0.25, -0.2) is 0 Å². The van der Waals surface area contributed by atoms with E-state index in [1.165, 1.54) is 0 Å². The maximum atomic E-state index is 11.7. The molecule has 0 spiro atoms. The molecule has 0 aliphatic heterocycles. The lowest BCUT2D eigenvalue weighted by molar-refractivity contribution is -0.307. The summed E-state index contributed by atoms with van der Waals surface area (Å²) < 4.78 is 4.84. The molecule has 0 atom stereocenters. The smallest absolute Gasteiger partial charge is 0.305 e. The molecule has 1 rings (SSSR count). The highest BCUT2D eigenvalue weighted by Gasteiger charge is 2.00. The Morgan fingerprint density at radius 1 is 1.11 bits per heavy atom. The van der Waals surface area contributed by atoms with Crippen molar-refractivity contribution in [3.8, 4) is 0 Å². The van der Waals surface area contributed by atoms with Crippen LogP contribution in [-0.4, -0.2) is 12.6 Å². The van der Waals surface area contributed by atoms with Crippen molar-refractivity contribution in [3.05, 3.63) is 35.6 Å². The van der Waals surface area contributed by atoms with Crippen LogP contribution in [0.2, 0.25) is 0 Å². The number of carbonyl (C=O) groups excluding carboxylic acids is 1. The molecule has 0 saturated carbocycles. The minimum atomic E-state index is -0.120. The number of unbranched alkanes of at least 4 members (excludes halogenated alkanes) is 3. The summed E-state index contributed by atoms with van der Waals surface area (Å²) in [5.74, 6) is 0.0933. The van der Waals surface area contributed by atoms with Gasteiger partial charge < -0.3 is 9.84 Å². The molecule has 100 valence electrons. The lowest BCUT2D eigenvalue weighted by atomic mass is 10.1. The van der Waals surface area contributed by atoms with Crippen LogP contribution < -0.4 is 5.11 Å². The SMILES string of the molecule is CCOC(=O)CCCCCCC([O-])=C1C=CC=C1. The molecule has 0 N–H and O–H groups in total. The molecule has 0 heterocycles. The molecule has 3 nitrogen and oxygen atoms in total. The first-order valence-corrected chi connectivity index (χ1v) is 6.64. The van der Waals surface area contributed by atoms with Crippen molar-refractivity contribution in [2.75, 3.05) is 6.61 Å². The van der Waals surface area contributed by atoms with Crippen LogP contribution in [0.3, 0.4) is 0 Å². The van der Waals surface area contributed by atoms with Crippen molar-refractivity contribution in [3.63, 3.8) is 0 Å². The number of hydrogen-bond acceptors (Lipinski definition) is 3. The average molecular weight is 249 g/mol. The number of hydrogen-bond donors (Lipinski definition) is 0. The second kappa shape index (κ2) is 8.56. The Hall–Kier alpha value is -1.51. The fourth-order valence-corrected chi connectivity index (χ4v) is 1.85. The monoisotopic (exact) mass is 249 g/mol. The van der Waals surface area contributed by atoms with E-state index in [4.69, 9.17) is 4.74 Å². The number of allylic oxidation sites excluding steroid dienone is 6. The topological polar surface area (TPSA) is 49.4 Å². The van der Waals surface area contributed by atoms with E-state index in [-0.39, 0.29) is 11.7 Å². The molecule has 0 radical (unpaired) electrons. The van der Waals surface area contributed by atoms with Crippen LogP contribution >= 0.6 is 0 Å². The summed E-state index contributed by atoms with van der Waals surface area (Å²) in [5, 5.41) is 11.7. The highest BCUT2D eigenvalue weighted by molar-refractivity contribution is 5.69. The maximum absolute atomic E-state index is 11.7. The predicted molar refractivity (Wildman–Crippen MR) is 69.6 cm³/mol. The number of rotatable bonds is 8. The molecule has 0 saturated heterocycles. The van der Waals surface area contributed by atoms with E-state index >= 15 is 0 Å². The van der Waals surface area contributed by atoms with Crippen LogP contribution in [0.25, 0.3) is 0 Å². The zero-order valence-corrected chi connectivity index (χ0v) is 11.0. The second-order valence-electron chi connectivity index (χ2n) is 4.32. The molecule has 0 bridgehead atoms. The molecular weight excluding hydrogens is 228 g/mol. The Morgan fingerprint density at radius 2 is 1.72 bits per heavy atom. The summed E-state index contributed by atoms with van der Waals surface area (Å²) in [5.41, 5.74) is 0.807. The zero-order chi connectivity index (χ0) is 13.2. The van der Waals surface area contributed by atoms with Crippen LogP contribution in [0.1, 0.15) is 45.4 Å². The Balaban J connectivity index is 2.02. The van der Waals surface area contributed by atoms with Crippen molar-refractivity contribution in [2.24, 2.45) is 0 Å². The van der Waals surface area contributed by atoms with Crippen LogP contribution in [0.5, 0.6) is 0 Å². The fourth-order valence-electron chi connectivity index (χ4n) is 1.85. The summed E-state index contributed by atoms with van der Waals surface area (Å²) in [6.45, 7) is 2.26. The molecule has 18 heavy (non-hydrogen) atoms. The van der Waals surface area contributed by atoms with Gasteiger partial charge in [0.05, 0.1) is 6.61 Å². The summed E-state index contributed by atoms with van der Waals surface area (Å²) in [6, 6.07) is 0. The van der Waals surface area contributed by atoms with E-state index in [9.17, 15) is 9.90 Å². The Labute approximate surface area is 109 Å². The van der Waals surface area contributed by atoms with Gasteiger partial charge in [0.2, 0.25) is 0 Å². The normalized spacial score (nSPS) is 13.1. The van der Waals surface area contributed by atoms with E-state index in [0.29, 0.717) is 19.4 Å². The van der Waals surface area contributed by atoms with E-state index < -0.39 is 0 Å². The molecule has 0 amide bonds. The van der Waals surface area contributed by atoms with Gasteiger partial charge in [-0.15, -0.1) is 5.76 Å². The molecular formula is C15H21O3-. The highest BCUT2D eigenvalue weighted by atomic mass is 16.5. The van der Waals surface area contributed by atoms with E-state index in [0.717, 1.165) is 31.3 Å². The van der Waals surface area contributed by atoms with Gasteiger partial charge in [0, 0.05) is 6.42 Å².